The Morgan fingerprint density at radius 2 is 2.08 bits per heavy atom. The highest BCUT2D eigenvalue weighted by Crippen LogP contribution is 2.26. The molecule has 0 saturated heterocycles. The molecule has 12 heavy (non-hydrogen) atoms. The number of nitrogens with one attached hydrogen (secondary N) is 1. The van der Waals surface area contributed by atoms with Gasteiger partial charge in [0.05, 0.1) is 5.41 Å². The summed E-state index contributed by atoms with van der Waals surface area (Å²) in [4.78, 5) is 11.3. The van der Waals surface area contributed by atoms with Crippen molar-refractivity contribution < 1.29 is 4.79 Å². The summed E-state index contributed by atoms with van der Waals surface area (Å²) >= 11 is 0. The molecule has 3 nitrogen and oxygen atoms in total. The second-order valence-corrected chi connectivity index (χ2v) is 4.26. The summed E-state index contributed by atoms with van der Waals surface area (Å²) in [6.45, 7) is 8.07. The number of carbonyl (C=O) groups is 1. The van der Waals surface area contributed by atoms with Crippen molar-refractivity contribution in [3.8, 4) is 0 Å². The fourth-order valence-corrected chi connectivity index (χ4v) is 1.18. The van der Waals surface area contributed by atoms with Crippen LogP contribution in [0.1, 0.15) is 34.1 Å². The fourth-order valence-electron chi connectivity index (χ4n) is 1.18. The average molecular weight is 168 g/mol. The molecule has 0 radical (unpaired) electrons. The largest absolute Gasteiger partial charge is 0.273 e. The Morgan fingerprint density at radius 1 is 1.50 bits per heavy atom. The van der Waals surface area contributed by atoms with E-state index < -0.39 is 0 Å². The van der Waals surface area contributed by atoms with Crippen molar-refractivity contribution in [2.75, 3.05) is 0 Å². The first kappa shape index (κ1) is 9.23. The zero-order valence-electron chi connectivity index (χ0n) is 8.14. The lowest BCUT2D eigenvalue weighted by Gasteiger charge is -2.28. The van der Waals surface area contributed by atoms with Gasteiger partial charge in [-0.25, -0.2) is 5.43 Å². The Labute approximate surface area is 73.2 Å². The molecule has 0 saturated carbocycles. The van der Waals surface area contributed by atoms with E-state index in [4.69, 9.17) is 0 Å². The number of rotatable bonds is 1. The van der Waals surface area contributed by atoms with E-state index in [1.54, 1.807) is 0 Å². The third-order valence-corrected chi connectivity index (χ3v) is 2.21. The summed E-state index contributed by atoms with van der Waals surface area (Å²) in [7, 11) is 0. The van der Waals surface area contributed by atoms with Crippen LogP contribution in [0.2, 0.25) is 0 Å². The summed E-state index contributed by atoms with van der Waals surface area (Å²) in [5, 5.41) is 4.02. The second-order valence-electron chi connectivity index (χ2n) is 4.26. The normalized spacial score (nSPS) is 22.1. The molecule has 0 fully saturated rings. The highest BCUT2D eigenvalue weighted by molar-refractivity contribution is 5.96. The number of carbonyl (C=O) groups excluding carboxylic acids is 1. The number of hydrogen-bond donors (Lipinski definition) is 1. The van der Waals surface area contributed by atoms with Crippen molar-refractivity contribution >= 4 is 11.6 Å². The van der Waals surface area contributed by atoms with E-state index in [1.165, 1.54) is 0 Å². The molecule has 0 aromatic carbocycles. The summed E-state index contributed by atoms with van der Waals surface area (Å²) in [6, 6.07) is 0. The standard InChI is InChI=1S/C9H16N2O/c1-6(2)7-5-9(3,4)8(12)11-10-7/h6H,5H2,1-4H3,(H,11,12). The second kappa shape index (κ2) is 2.88. The zero-order chi connectivity index (χ0) is 9.35. The molecule has 1 aliphatic rings. The molecule has 1 heterocycles. The van der Waals surface area contributed by atoms with Gasteiger partial charge in [-0.15, -0.1) is 0 Å². The molecule has 0 spiro atoms. The molecule has 1 amide bonds. The number of hydrogen-bond acceptors (Lipinski definition) is 2. The molecule has 1 N–H and O–H groups in total. The maximum atomic E-state index is 11.3. The third-order valence-electron chi connectivity index (χ3n) is 2.21. The molecule has 0 aliphatic carbocycles. The lowest BCUT2D eigenvalue weighted by molar-refractivity contribution is -0.129. The Kier molecular flexibility index (Phi) is 2.22. The van der Waals surface area contributed by atoms with Crippen molar-refractivity contribution in [3.63, 3.8) is 0 Å². The first-order chi connectivity index (χ1) is 5.43. The molecule has 0 aromatic rings. The van der Waals surface area contributed by atoms with Crippen molar-refractivity contribution in [1.82, 2.24) is 5.43 Å². The van der Waals surface area contributed by atoms with Crippen LogP contribution >= 0.6 is 0 Å². The first-order valence-electron chi connectivity index (χ1n) is 4.30. The van der Waals surface area contributed by atoms with Crippen LogP contribution < -0.4 is 5.43 Å². The number of hydrazone groups is 1. The summed E-state index contributed by atoms with van der Waals surface area (Å²) in [6.07, 6.45) is 0.774. The van der Waals surface area contributed by atoms with Gasteiger partial charge in [-0.1, -0.05) is 27.7 Å². The van der Waals surface area contributed by atoms with Gasteiger partial charge in [-0.3, -0.25) is 4.79 Å². The molecule has 0 atom stereocenters. The maximum Gasteiger partial charge on any atom is 0.246 e. The van der Waals surface area contributed by atoms with Gasteiger partial charge in [0.25, 0.3) is 0 Å². The Hall–Kier alpha value is -0.860. The molecule has 0 bridgehead atoms. The van der Waals surface area contributed by atoms with Crippen LogP contribution in [-0.4, -0.2) is 11.6 Å². The fraction of sp³-hybridized carbons (Fsp3) is 0.778. The molecule has 1 rings (SSSR count). The Balaban J connectivity index is 2.81. The number of nitrogens with zero attached hydrogens (tertiary/aromatic N) is 1. The third kappa shape index (κ3) is 1.65. The van der Waals surface area contributed by atoms with Crippen LogP contribution in [0.25, 0.3) is 0 Å². The Morgan fingerprint density at radius 3 is 2.50 bits per heavy atom. The van der Waals surface area contributed by atoms with Crippen molar-refractivity contribution in [1.29, 1.82) is 0 Å². The predicted molar refractivity (Wildman–Crippen MR) is 48.8 cm³/mol. The van der Waals surface area contributed by atoms with Gasteiger partial charge in [0.1, 0.15) is 0 Å². The number of amides is 1. The lowest BCUT2D eigenvalue weighted by Crippen LogP contribution is -2.41. The molecule has 68 valence electrons. The van der Waals surface area contributed by atoms with E-state index >= 15 is 0 Å². The zero-order valence-corrected chi connectivity index (χ0v) is 8.14. The monoisotopic (exact) mass is 168 g/mol. The van der Waals surface area contributed by atoms with E-state index in [1.807, 2.05) is 13.8 Å². The first-order valence-corrected chi connectivity index (χ1v) is 4.30. The smallest absolute Gasteiger partial charge is 0.246 e. The van der Waals surface area contributed by atoms with Gasteiger partial charge in [-0.2, -0.15) is 5.10 Å². The SMILES string of the molecule is CC(C)C1=NNC(=O)C(C)(C)C1. The molecule has 0 aromatic heterocycles. The quantitative estimate of drug-likeness (QED) is 0.634. The van der Waals surface area contributed by atoms with Gasteiger partial charge in [0, 0.05) is 12.1 Å². The molecule has 0 unspecified atom stereocenters. The molecule has 3 heteroatoms. The van der Waals surface area contributed by atoms with Gasteiger partial charge in [0.2, 0.25) is 5.91 Å². The van der Waals surface area contributed by atoms with E-state index in [2.05, 4.69) is 24.4 Å². The van der Waals surface area contributed by atoms with E-state index in [0.29, 0.717) is 5.92 Å². The average Bonchev–Trinajstić information content (AvgIpc) is 1.94. The molecular weight excluding hydrogens is 152 g/mol. The van der Waals surface area contributed by atoms with Crippen LogP contribution in [-0.2, 0) is 4.79 Å². The highest BCUT2D eigenvalue weighted by Gasteiger charge is 2.33. The Bertz CT molecular complexity index is 229. The van der Waals surface area contributed by atoms with E-state index in [-0.39, 0.29) is 11.3 Å². The lowest BCUT2D eigenvalue weighted by atomic mass is 9.82. The summed E-state index contributed by atoms with van der Waals surface area (Å²) in [5.41, 5.74) is 3.35. The summed E-state index contributed by atoms with van der Waals surface area (Å²) in [5.74, 6) is 0.441. The van der Waals surface area contributed by atoms with Crippen LogP contribution in [0.5, 0.6) is 0 Å². The van der Waals surface area contributed by atoms with Gasteiger partial charge < -0.3 is 0 Å². The van der Waals surface area contributed by atoms with Crippen LogP contribution in [0, 0.1) is 11.3 Å². The van der Waals surface area contributed by atoms with Crippen LogP contribution in [0.3, 0.4) is 0 Å². The minimum Gasteiger partial charge on any atom is -0.273 e. The van der Waals surface area contributed by atoms with Crippen molar-refractivity contribution in [2.45, 2.75) is 34.1 Å². The van der Waals surface area contributed by atoms with Crippen LogP contribution in [0.4, 0.5) is 0 Å². The van der Waals surface area contributed by atoms with Gasteiger partial charge >= 0.3 is 0 Å². The van der Waals surface area contributed by atoms with Crippen LogP contribution in [0.15, 0.2) is 5.10 Å². The topological polar surface area (TPSA) is 41.5 Å². The minimum absolute atomic E-state index is 0.0203. The minimum atomic E-state index is -0.290. The van der Waals surface area contributed by atoms with Crippen molar-refractivity contribution in [2.24, 2.45) is 16.4 Å². The molecule has 1 aliphatic heterocycles. The van der Waals surface area contributed by atoms with E-state index in [9.17, 15) is 4.79 Å². The molecular formula is C9H16N2O. The summed E-state index contributed by atoms with van der Waals surface area (Å²) < 4.78 is 0. The highest BCUT2D eigenvalue weighted by atomic mass is 16.2. The van der Waals surface area contributed by atoms with E-state index in [0.717, 1.165) is 12.1 Å². The van der Waals surface area contributed by atoms with Gasteiger partial charge in [-0.05, 0) is 5.92 Å². The van der Waals surface area contributed by atoms with Crippen molar-refractivity contribution in [3.05, 3.63) is 0 Å². The predicted octanol–water partition coefficient (Wildman–Crippen LogP) is 1.54. The van der Waals surface area contributed by atoms with Gasteiger partial charge in [0.15, 0.2) is 0 Å². The maximum absolute atomic E-state index is 11.3.